The number of fused-ring (bicyclic) bond motifs is 2. The fourth-order valence-corrected chi connectivity index (χ4v) is 2.49. The third kappa shape index (κ3) is 1.64. The van der Waals surface area contributed by atoms with Crippen LogP contribution >= 0.6 is 0 Å². The van der Waals surface area contributed by atoms with E-state index in [9.17, 15) is 4.91 Å². The summed E-state index contributed by atoms with van der Waals surface area (Å²) in [6.07, 6.45) is 5.44. The van der Waals surface area contributed by atoms with Crippen LogP contribution in [0.5, 0.6) is 0 Å². The lowest BCUT2D eigenvalue weighted by atomic mass is 9.96. The monoisotopic (exact) mass is 224 g/mol. The summed E-state index contributed by atoms with van der Waals surface area (Å²) in [7, 11) is 0. The van der Waals surface area contributed by atoms with Gasteiger partial charge in [-0.15, -0.1) is 4.91 Å². The maximum atomic E-state index is 11.2. The number of pyridine rings is 1. The Morgan fingerprint density at radius 1 is 1.06 bits per heavy atom. The van der Waals surface area contributed by atoms with E-state index in [0.717, 1.165) is 29.5 Å². The molecule has 84 valence electrons. The van der Waals surface area contributed by atoms with E-state index in [1.54, 1.807) is 6.20 Å². The van der Waals surface area contributed by atoms with Gasteiger partial charge in [-0.2, -0.15) is 0 Å². The van der Waals surface area contributed by atoms with Crippen LogP contribution in [-0.2, 0) is 12.8 Å². The van der Waals surface area contributed by atoms with E-state index in [0.29, 0.717) is 0 Å². The molecule has 1 aromatic carbocycles. The van der Waals surface area contributed by atoms with Crippen LogP contribution in [0.1, 0.15) is 28.3 Å². The molecule has 0 amide bonds. The number of hydrogen-bond acceptors (Lipinski definition) is 3. The summed E-state index contributed by atoms with van der Waals surface area (Å²) < 4.78 is 0. The minimum atomic E-state index is -0.383. The van der Waals surface area contributed by atoms with Crippen LogP contribution in [0.3, 0.4) is 0 Å². The highest BCUT2D eigenvalue weighted by Crippen LogP contribution is 2.34. The van der Waals surface area contributed by atoms with E-state index in [-0.39, 0.29) is 6.04 Å². The fraction of sp³-hybridized carbons (Fsp3) is 0.214. The summed E-state index contributed by atoms with van der Waals surface area (Å²) in [5.74, 6) is 0. The van der Waals surface area contributed by atoms with Crippen LogP contribution in [0.4, 0.5) is 0 Å². The maximum absolute atomic E-state index is 11.2. The van der Waals surface area contributed by atoms with Gasteiger partial charge >= 0.3 is 0 Å². The number of aryl methyl sites for hydroxylation is 2. The van der Waals surface area contributed by atoms with Gasteiger partial charge in [0, 0.05) is 12.4 Å². The van der Waals surface area contributed by atoms with Gasteiger partial charge in [0.2, 0.25) is 0 Å². The average molecular weight is 224 g/mol. The number of nitroso groups, excluding NO2 is 1. The molecule has 1 heterocycles. The van der Waals surface area contributed by atoms with Crippen molar-refractivity contribution in [3.8, 4) is 0 Å². The molecule has 0 aliphatic heterocycles. The first-order valence-corrected chi connectivity index (χ1v) is 5.73. The third-order valence-corrected chi connectivity index (χ3v) is 3.35. The predicted octanol–water partition coefficient (Wildman–Crippen LogP) is 3.04. The Balaban J connectivity index is 2.22. The zero-order valence-electron chi connectivity index (χ0n) is 9.34. The highest BCUT2D eigenvalue weighted by molar-refractivity contribution is 5.43. The Hall–Kier alpha value is -2.03. The Morgan fingerprint density at radius 3 is 2.71 bits per heavy atom. The van der Waals surface area contributed by atoms with Crippen LogP contribution in [0.15, 0.2) is 47.9 Å². The Bertz CT molecular complexity index is 518. The maximum Gasteiger partial charge on any atom is 0.143 e. The number of benzene rings is 1. The van der Waals surface area contributed by atoms with Crippen LogP contribution in [0.2, 0.25) is 0 Å². The van der Waals surface area contributed by atoms with E-state index in [1.165, 1.54) is 5.56 Å². The van der Waals surface area contributed by atoms with Crippen molar-refractivity contribution < 1.29 is 0 Å². The largest absolute Gasteiger partial charge is 0.264 e. The molecule has 0 saturated carbocycles. The van der Waals surface area contributed by atoms with E-state index in [2.05, 4.69) is 16.2 Å². The van der Waals surface area contributed by atoms with Crippen LogP contribution < -0.4 is 0 Å². The van der Waals surface area contributed by atoms with Gasteiger partial charge < -0.3 is 0 Å². The van der Waals surface area contributed by atoms with Gasteiger partial charge in [-0.1, -0.05) is 29.4 Å². The van der Waals surface area contributed by atoms with Crippen molar-refractivity contribution >= 4 is 0 Å². The summed E-state index contributed by atoms with van der Waals surface area (Å²) in [5.41, 5.74) is 4.38. The molecule has 1 aliphatic rings. The fourth-order valence-electron chi connectivity index (χ4n) is 2.49. The van der Waals surface area contributed by atoms with Crippen molar-refractivity contribution in [3.05, 3.63) is 69.9 Å². The number of rotatable bonds is 1. The van der Waals surface area contributed by atoms with Crippen molar-refractivity contribution in [1.82, 2.24) is 4.98 Å². The molecule has 17 heavy (non-hydrogen) atoms. The molecule has 0 N–H and O–H groups in total. The first-order chi connectivity index (χ1) is 8.40. The molecule has 3 heteroatoms. The summed E-state index contributed by atoms with van der Waals surface area (Å²) in [5, 5.41) is 3.31. The molecule has 0 radical (unpaired) electrons. The third-order valence-electron chi connectivity index (χ3n) is 3.35. The Kier molecular flexibility index (Phi) is 2.44. The molecule has 3 rings (SSSR count). The molecule has 1 aromatic heterocycles. The minimum absolute atomic E-state index is 0.383. The van der Waals surface area contributed by atoms with Crippen molar-refractivity contribution in [2.75, 3.05) is 0 Å². The lowest BCUT2D eigenvalue weighted by Gasteiger charge is -2.12. The average Bonchev–Trinajstić information content (AvgIpc) is 2.55. The van der Waals surface area contributed by atoms with Crippen molar-refractivity contribution in [2.45, 2.75) is 18.9 Å². The van der Waals surface area contributed by atoms with Gasteiger partial charge in [-0.3, -0.25) is 4.98 Å². The molecule has 0 fully saturated rings. The predicted molar refractivity (Wildman–Crippen MR) is 65.7 cm³/mol. The Labute approximate surface area is 99.5 Å². The molecule has 0 saturated heterocycles. The Morgan fingerprint density at radius 2 is 1.82 bits per heavy atom. The van der Waals surface area contributed by atoms with E-state index in [4.69, 9.17) is 0 Å². The second kappa shape index (κ2) is 4.09. The number of hydrogen-bond donors (Lipinski definition) is 0. The van der Waals surface area contributed by atoms with E-state index in [1.807, 2.05) is 30.5 Å². The molecule has 1 unspecified atom stereocenters. The summed E-state index contributed by atoms with van der Waals surface area (Å²) >= 11 is 0. The lowest BCUT2D eigenvalue weighted by Crippen LogP contribution is -2.00. The summed E-state index contributed by atoms with van der Waals surface area (Å²) in [4.78, 5) is 15.3. The standard InChI is InChI=1S/C14H12N2O/c17-16-14-12-4-2-1-3-10(12)5-6-11-9-15-8-7-13(11)14/h1-4,7-9,14H,5-6H2. The highest BCUT2D eigenvalue weighted by atomic mass is 16.3. The zero-order valence-corrected chi connectivity index (χ0v) is 9.34. The van der Waals surface area contributed by atoms with E-state index >= 15 is 0 Å². The van der Waals surface area contributed by atoms with Crippen molar-refractivity contribution in [3.63, 3.8) is 0 Å². The first kappa shape index (κ1) is 10.1. The molecule has 2 aromatic rings. The molecule has 1 atom stereocenters. The van der Waals surface area contributed by atoms with Crippen LogP contribution in [0, 0.1) is 4.91 Å². The topological polar surface area (TPSA) is 42.3 Å². The van der Waals surface area contributed by atoms with Crippen molar-refractivity contribution in [1.29, 1.82) is 0 Å². The molecular weight excluding hydrogens is 212 g/mol. The summed E-state index contributed by atoms with van der Waals surface area (Å²) in [6, 6.07) is 9.57. The second-order valence-corrected chi connectivity index (χ2v) is 4.28. The molecular formula is C14H12N2O. The molecule has 0 spiro atoms. The minimum Gasteiger partial charge on any atom is -0.264 e. The normalized spacial score (nSPS) is 17.8. The zero-order chi connectivity index (χ0) is 11.7. The van der Waals surface area contributed by atoms with Gasteiger partial charge in [0.1, 0.15) is 6.04 Å². The molecule has 3 nitrogen and oxygen atoms in total. The molecule has 1 aliphatic carbocycles. The number of nitrogens with zero attached hydrogens (tertiary/aromatic N) is 2. The highest BCUT2D eigenvalue weighted by Gasteiger charge is 2.23. The van der Waals surface area contributed by atoms with Gasteiger partial charge in [0.05, 0.1) is 0 Å². The van der Waals surface area contributed by atoms with Crippen molar-refractivity contribution in [2.24, 2.45) is 5.18 Å². The first-order valence-electron chi connectivity index (χ1n) is 5.73. The quantitative estimate of drug-likeness (QED) is 0.699. The smallest absolute Gasteiger partial charge is 0.143 e. The lowest BCUT2D eigenvalue weighted by molar-refractivity contribution is 0.852. The summed E-state index contributed by atoms with van der Waals surface area (Å²) in [6.45, 7) is 0. The molecule has 0 bridgehead atoms. The van der Waals surface area contributed by atoms with Gasteiger partial charge in [0.15, 0.2) is 0 Å². The number of aromatic nitrogens is 1. The van der Waals surface area contributed by atoms with E-state index < -0.39 is 0 Å². The SMILES string of the molecule is O=NC1c2ccccc2CCc2cnccc21. The van der Waals surface area contributed by atoms with Gasteiger partial charge in [-0.25, -0.2) is 0 Å². The van der Waals surface area contributed by atoms with Crippen LogP contribution in [0.25, 0.3) is 0 Å². The van der Waals surface area contributed by atoms with Gasteiger partial charge in [-0.05, 0) is 41.2 Å². The van der Waals surface area contributed by atoms with Gasteiger partial charge in [0.25, 0.3) is 0 Å². The van der Waals surface area contributed by atoms with Crippen LogP contribution in [-0.4, -0.2) is 4.98 Å². The second-order valence-electron chi connectivity index (χ2n) is 4.28.